The third-order valence-electron chi connectivity index (χ3n) is 18.7. The number of esters is 2. The van der Waals surface area contributed by atoms with Gasteiger partial charge in [0.2, 0.25) is 0 Å². The lowest BCUT2D eigenvalue weighted by Gasteiger charge is -2.28. The Bertz CT molecular complexity index is 2190. The standard InChI is InChI=1S/C92H162NO8P/c1-6-8-10-12-14-16-18-20-22-24-26-28-30-32-34-36-38-40-42-44-45-46-47-49-51-53-55-57-59-61-63-65-67-69-71-73-75-77-79-81-83-85-92(95)101-90(89-100-102(96,97)99-87-86-93(3,4)5)88-98-91(94)84-82-80-78-76-74-72-70-68-66-64-62-60-58-56-54-52-50-48-43-41-39-37-35-33-31-29-27-25-23-21-19-17-15-13-11-9-7-2/h8,10,14,16,20,22,26,28,32,34,38,40,44-45,47,49,53,55,59,61,65,67,90H,6-7,9,11-13,15,17-19,21,23-25,27,29-31,33,35-37,39,41-43,46,48,50-52,54,56-58,60,62-64,66,68-89H2,1-5H3/b10-8-,16-14-,22-20-,28-26-,34-32-,40-38-,45-44-,49-47-,55-53-,61-59-,67-65-. The number of nitrogens with zero attached hydrogens (tertiary/aromatic N) is 1. The fourth-order valence-electron chi connectivity index (χ4n) is 12.2. The number of likely N-dealkylation sites (N-methyl/N-ethyl adjacent to an activating group) is 1. The van der Waals surface area contributed by atoms with Crippen LogP contribution in [-0.4, -0.2) is 70.0 Å². The molecule has 0 saturated carbocycles. The summed E-state index contributed by atoms with van der Waals surface area (Å²) in [7, 11) is 1.16. The summed E-state index contributed by atoms with van der Waals surface area (Å²) >= 11 is 0. The second kappa shape index (κ2) is 81.2. The van der Waals surface area contributed by atoms with Crippen molar-refractivity contribution in [2.75, 3.05) is 47.5 Å². The Kier molecular flexibility index (Phi) is 78.2. The summed E-state index contributed by atoms with van der Waals surface area (Å²) in [5.74, 6) is -0.838. The number of rotatable bonds is 79. The van der Waals surface area contributed by atoms with Crippen LogP contribution in [0.3, 0.4) is 0 Å². The molecule has 588 valence electrons. The average molecular weight is 1440 g/mol. The van der Waals surface area contributed by atoms with E-state index in [4.69, 9.17) is 18.5 Å². The van der Waals surface area contributed by atoms with Crippen LogP contribution < -0.4 is 4.89 Å². The molecule has 2 atom stereocenters. The van der Waals surface area contributed by atoms with Crippen molar-refractivity contribution < 1.29 is 42.1 Å². The second-order valence-corrected chi connectivity index (χ2v) is 31.2. The molecule has 0 rings (SSSR count). The quantitative estimate of drug-likeness (QED) is 0.0195. The van der Waals surface area contributed by atoms with Gasteiger partial charge in [-0.2, -0.15) is 0 Å². The molecule has 0 aliphatic carbocycles. The smallest absolute Gasteiger partial charge is 0.306 e. The third-order valence-corrected chi connectivity index (χ3v) is 19.6. The Labute approximate surface area is 631 Å². The zero-order chi connectivity index (χ0) is 74.0. The summed E-state index contributed by atoms with van der Waals surface area (Å²) in [5, 5.41) is 0. The highest BCUT2D eigenvalue weighted by Crippen LogP contribution is 2.38. The lowest BCUT2D eigenvalue weighted by molar-refractivity contribution is -0.870. The topological polar surface area (TPSA) is 111 Å². The van der Waals surface area contributed by atoms with Gasteiger partial charge in [0.15, 0.2) is 6.10 Å². The maximum absolute atomic E-state index is 12.9. The maximum atomic E-state index is 12.9. The van der Waals surface area contributed by atoms with Gasteiger partial charge in [0.05, 0.1) is 27.7 Å². The van der Waals surface area contributed by atoms with Crippen LogP contribution in [0.25, 0.3) is 0 Å². The van der Waals surface area contributed by atoms with Crippen LogP contribution in [0.5, 0.6) is 0 Å². The molecule has 0 fully saturated rings. The number of carbonyl (C=O) groups is 2. The van der Waals surface area contributed by atoms with E-state index in [0.717, 1.165) is 122 Å². The van der Waals surface area contributed by atoms with Crippen molar-refractivity contribution in [1.29, 1.82) is 0 Å². The van der Waals surface area contributed by atoms with Crippen LogP contribution >= 0.6 is 7.82 Å². The van der Waals surface area contributed by atoms with Gasteiger partial charge in [-0.1, -0.05) is 411 Å². The summed E-state index contributed by atoms with van der Waals surface area (Å²) in [6.45, 7) is 4.16. The van der Waals surface area contributed by atoms with E-state index < -0.39 is 26.5 Å². The van der Waals surface area contributed by atoms with E-state index in [2.05, 4.69) is 148 Å². The Morgan fingerprint density at radius 2 is 0.559 bits per heavy atom. The van der Waals surface area contributed by atoms with Gasteiger partial charge in [0.25, 0.3) is 7.82 Å². The molecule has 0 radical (unpaired) electrons. The van der Waals surface area contributed by atoms with Gasteiger partial charge >= 0.3 is 11.9 Å². The molecule has 102 heavy (non-hydrogen) atoms. The van der Waals surface area contributed by atoms with E-state index in [9.17, 15) is 19.0 Å². The van der Waals surface area contributed by atoms with Crippen molar-refractivity contribution in [3.05, 3.63) is 134 Å². The van der Waals surface area contributed by atoms with Gasteiger partial charge in [0.1, 0.15) is 19.8 Å². The summed E-state index contributed by atoms with van der Waals surface area (Å²) < 4.78 is 34.4. The van der Waals surface area contributed by atoms with E-state index in [-0.39, 0.29) is 32.0 Å². The average Bonchev–Trinajstić information content (AvgIpc) is 0.916. The molecule has 0 amide bonds. The summed E-state index contributed by atoms with van der Waals surface area (Å²) in [6, 6.07) is 0. The molecule has 0 bridgehead atoms. The molecule has 0 aromatic heterocycles. The largest absolute Gasteiger partial charge is 0.756 e. The van der Waals surface area contributed by atoms with E-state index in [1.165, 1.54) is 231 Å². The fourth-order valence-corrected chi connectivity index (χ4v) is 12.9. The number of allylic oxidation sites excluding steroid dienone is 22. The van der Waals surface area contributed by atoms with Crippen molar-refractivity contribution in [2.45, 2.75) is 392 Å². The number of phosphoric acid groups is 1. The number of hydrogen-bond donors (Lipinski definition) is 0. The summed E-state index contributed by atoms with van der Waals surface area (Å²) in [5.41, 5.74) is 0. The number of unbranched alkanes of at least 4 members (excludes halogenated alkanes) is 43. The third kappa shape index (κ3) is 85.1. The van der Waals surface area contributed by atoms with Gasteiger partial charge in [-0.05, 0) is 96.3 Å². The first-order valence-corrected chi connectivity index (χ1v) is 44.4. The summed E-state index contributed by atoms with van der Waals surface area (Å²) in [6.07, 6.45) is 119. The van der Waals surface area contributed by atoms with Crippen LogP contribution in [0.4, 0.5) is 0 Å². The first kappa shape index (κ1) is 98.2. The Morgan fingerprint density at radius 1 is 0.314 bits per heavy atom. The number of phosphoric ester groups is 1. The van der Waals surface area contributed by atoms with Crippen LogP contribution in [0, 0.1) is 0 Å². The minimum atomic E-state index is -4.66. The molecular weight excluding hydrogens is 1280 g/mol. The lowest BCUT2D eigenvalue weighted by Crippen LogP contribution is -2.37. The second-order valence-electron chi connectivity index (χ2n) is 29.8. The minimum absolute atomic E-state index is 0.0374. The highest BCUT2D eigenvalue weighted by Gasteiger charge is 2.22. The zero-order valence-corrected chi connectivity index (χ0v) is 68.2. The molecule has 0 saturated heterocycles. The first-order valence-electron chi connectivity index (χ1n) is 42.9. The number of carbonyl (C=O) groups excluding carboxylic acids is 2. The van der Waals surface area contributed by atoms with Gasteiger partial charge in [-0.25, -0.2) is 0 Å². The van der Waals surface area contributed by atoms with Crippen molar-refractivity contribution in [2.24, 2.45) is 0 Å². The molecule has 0 N–H and O–H groups in total. The van der Waals surface area contributed by atoms with E-state index >= 15 is 0 Å². The molecular formula is C92H162NO8P. The summed E-state index contributed by atoms with van der Waals surface area (Å²) in [4.78, 5) is 38.2. The Morgan fingerprint density at radius 3 is 0.833 bits per heavy atom. The monoisotopic (exact) mass is 1440 g/mol. The number of quaternary nitrogens is 1. The molecule has 0 aliphatic rings. The van der Waals surface area contributed by atoms with Crippen molar-refractivity contribution in [3.63, 3.8) is 0 Å². The molecule has 0 spiro atoms. The molecule has 2 unspecified atom stereocenters. The van der Waals surface area contributed by atoms with Gasteiger partial charge in [0, 0.05) is 12.8 Å². The van der Waals surface area contributed by atoms with Gasteiger partial charge < -0.3 is 27.9 Å². The SMILES string of the molecule is CC/C=C\C/C=C\C/C=C\C/C=C\C/C=C\C/C=C\C/C=C\C/C=C\C/C=C\C/C=C\C/C=C\CCCCCCCCCC(=O)OC(COC(=O)CCCCCCCCCCCCCCCCCCCCCCCCCCCCCCCCCCCCCCC)COP(=O)([O-])OCC[N+](C)(C)C. The Hall–Kier alpha value is -3.85. The molecule has 0 aromatic rings. The number of ether oxygens (including phenoxy) is 2. The van der Waals surface area contributed by atoms with Crippen LogP contribution in [0.2, 0.25) is 0 Å². The number of hydrogen-bond acceptors (Lipinski definition) is 8. The van der Waals surface area contributed by atoms with Crippen molar-refractivity contribution >= 4 is 19.8 Å². The van der Waals surface area contributed by atoms with E-state index in [0.29, 0.717) is 17.4 Å². The fraction of sp³-hybridized carbons (Fsp3) is 0.739. The molecule has 10 heteroatoms. The predicted molar refractivity (Wildman–Crippen MR) is 443 cm³/mol. The van der Waals surface area contributed by atoms with E-state index in [1.807, 2.05) is 21.1 Å². The highest BCUT2D eigenvalue weighted by molar-refractivity contribution is 7.45. The minimum Gasteiger partial charge on any atom is -0.756 e. The highest BCUT2D eigenvalue weighted by atomic mass is 31.2. The van der Waals surface area contributed by atoms with Crippen LogP contribution in [0.15, 0.2) is 134 Å². The molecule has 0 aromatic carbocycles. The zero-order valence-electron chi connectivity index (χ0n) is 67.3. The normalized spacial score (nSPS) is 13.7. The van der Waals surface area contributed by atoms with Gasteiger partial charge in [-0.15, -0.1) is 0 Å². The Balaban J connectivity index is 3.99. The van der Waals surface area contributed by atoms with E-state index in [1.54, 1.807) is 0 Å². The molecule has 0 heterocycles. The van der Waals surface area contributed by atoms with Crippen LogP contribution in [-0.2, 0) is 32.7 Å². The van der Waals surface area contributed by atoms with Crippen LogP contribution in [0.1, 0.15) is 386 Å². The predicted octanol–water partition coefficient (Wildman–Crippen LogP) is 28.4. The van der Waals surface area contributed by atoms with Crippen molar-refractivity contribution in [3.8, 4) is 0 Å². The molecule has 0 aliphatic heterocycles. The van der Waals surface area contributed by atoms with Gasteiger partial charge in [-0.3, -0.25) is 14.2 Å². The maximum Gasteiger partial charge on any atom is 0.306 e. The first-order chi connectivity index (χ1) is 50.0. The lowest BCUT2D eigenvalue weighted by atomic mass is 10.0. The molecule has 9 nitrogen and oxygen atoms in total. The van der Waals surface area contributed by atoms with Crippen molar-refractivity contribution in [1.82, 2.24) is 0 Å².